The normalized spacial score (nSPS) is 17.1. The van der Waals surface area contributed by atoms with E-state index < -0.39 is 0 Å². The van der Waals surface area contributed by atoms with E-state index in [4.69, 9.17) is 31.5 Å². The van der Waals surface area contributed by atoms with Crippen molar-refractivity contribution in [1.82, 2.24) is 39.6 Å². The minimum Gasteiger partial charge on any atom is -0.473 e. The number of halogens is 1. The van der Waals surface area contributed by atoms with Gasteiger partial charge < -0.3 is 9.84 Å². The van der Waals surface area contributed by atoms with Gasteiger partial charge in [-0.3, -0.25) is 19.7 Å². The monoisotopic (exact) mass is 534 g/mol. The number of pyridine rings is 1. The second kappa shape index (κ2) is 9.07. The number of nitrogens with zero attached hydrogens (tertiary/aromatic N) is 7. The predicted octanol–water partition coefficient (Wildman–Crippen LogP) is 4.41. The number of aliphatic hydroxyl groups is 1. The highest BCUT2D eigenvalue weighted by Crippen LogP contribution is 2.40. The number of rotatable bonds is 2. The summed E-state index contributed by atoms with van der Waals surface area (Å²) >= 11 is 6.87. The van der Waals surface area contributed by atoms with E-state index in [9.17, 15) is 5.11 Å². The number of benzene rings is 1. The maximum Gasteiger partial charge on any atom is 0.221 e. The molecular weight excluding hydrogens is 504 g/mol. The molecule has 5 heterocycles. The van der Waals surface area contributed by atoms with E-state index in [0.717, 1.165) is 61.4 Å². The van der Waals surface area contributed by atoms with Crippen molar-refractivity contribution < 1.29 is 9.84 Å². The molecule has 2 N–H and O–H groups in total. The van der Waals surface area contributed by atoms with E-state index in [1.807, 2.05) is 44.6 Å². The lowest BCUT2D eigenvalue weighted by atomic mass is 10.0. The molecule has 0 amide bonds. The van der Waals surface area contributed by atoms with Crippen molar-refractivity contribution in [1.29, 1.82) is 0 Å². The molecular formula is C27H31ClN8O2. The molecule has 10 nitrogen and oxygen atoms in total. The Hall–Kier alpha value is -3.47. The lowest BCUT2D eigenvalue weighted by Gasteiger charge is -2.24. The Balaban J connectivity index is 1.68. The van der Waals surface area contributed by atoms with E-state index in [1.165, 1.54) is 0 Å². The molecule has 0 saturated carbocycles. The number of aromatic nitrogens is 7. The Labute approximate surface area is 225 Å². The first kappa shape index (κ1) is 24.8. The number of hydrogen-bond donors (Lipinski definition) is 2. The number of aliphatic hydroxyl groups excluding tert-OH is 1. The number of hydrogen-bond acceptors (Lipinski definition) is 7. The minimum absolute atomic E-state index is 0.0213. The summed E-state index contributed by atoms with van der Waals surface area (Å²) in [5.74, 6) is 0.675. The van der Waals surface area contributed by atoms with E-state index in [-0.39, 0.29) is 18.8 Å². The number of aryl methyl sites for hydroxylation is 3. The van der Waals surface area contributed by atoms with Gasteiger partial charge in [0.05, 0.1) is 57.0 Å². The van der Waals surface area contributed by atoms with Crippen LogP contribution in [-0.4, -0.2) is 71.1 Å². The summed E-state index contributed by atoms with van der Waals surface area (Å²) in [6.07, 6.45) is -0.129. The Kier molecular flexibility index (Phi) is 5.93. The highest BCUT2D eigenvalue weighted by atomic mass is 35.5. The molecule has 198 valence electrons. The number of ether oxygens (including phenoxy) is 1. The van der Waals surface area contributed by atoms with Gasteiger partial charge in [-0.25, -0.2) is 4.68 Å². The minimum atomic E-state index is -0.189. The maximum atomic E-state index is 9.97. The maximum absolute atomic E-state index is 9.97. The van der Waals surface area contributed by atoms with Crippen LogP contribution in [0.2, 0.25) is 5.02 Å². The van der Waals surface area contributed by atoms with Crippen molar-refractivity contribution in [2.45, 2.75) is 46.4 Å². The fraction of sp³-hybridized carbons (Fsp3) is 0.407. The number of aromatic amines is 1. The zero-order valence-electron chi connectivity index (χ0n) is 22.4. The number of fused-ring (bicyclic) bond motifs is 5. The third kappa shape index (κ3) is 3.86. The van der Waals surface area contributed by atoms with Gasteiger partial charge in [-0.05, 0) is 52.9 Å². The van der Waals surface area contributed by atoms with Crippen LogP contribution < -0.4 is 4.74 Å². The molecule has 0 spiro atoms. The molecule has 0 aliphatic carbocycles. The SMILES string of the molecule is Cc1nn(C)c2c1-c1cc3c(n[nH]c3c(C)n1)-c1cc3c(n([C@@H](C)CO)nc3cc1Cl)CN(C)C[C@H](C)O2. The van der Waals surface area contributed by atoms with Crippen LogP contribution in [-0.2, 0) is 13.6 Å². The first-order chi connectivity index (χ1) is 18.2. The molecule has 0 saturated heterocycles. The molecule has 38 heavy (non-hydrogen) atoms. The van der Waals surface area contributed by atoms with Crippen LogP contribution in [0, 0.1) is 13.8 Å². The first-order valence-corrected chi connectivity index (χ1v) is 13.1. The molecule has 1 aromatic carbocycles. The highest BCUT2D eigenvalue weighted by Gasteiger charge is 2.26. The summed E-state index contributed by atoms with van der Waals surface area (Å²) in [5, 5.41) is 29.8. The molecule has 11 heteroatoms. The third-order valence-electron chi connectivity index (χ3n) is 7.29. The Morgan fingerprint density at radius 3 is 2.71 bits per heavy atom. The lowest BCUT2D eigenvalue weighted by Crippen LogP contribution is -2.32. The smallest absolute Gasteiger partial charge is 0.221 e. The van der Waals surface area contributed by atoms with Gasteiger partial charge in [0, 0.05) is 36.5 Å². The van der Waals surface area contributed by atoms with Gasteiger partial charge in [0.1, 0.15) is 11.8 Å². The van der Waals surface area contributed by atoms with Crippen molar-refractivity contribution in [2.75, 3.05) is 20.2 Å². The van der Waals surface area contributed by atoms with Crippen LogP contribution in [0.25, 0.3) is 44.3 Å². The Morgan fingerprint density at radius 2 is 1.95 bits per heavy atom. The molecule has 0 radical (unpaired) electrons. The standard InChI is InChI=1S/C27H31ClN8O2/c1-13(12-37)36-23-11-34(5)10-14(2)38-27-24(15(3)32-35(27)6)22-8-19-25(16(4)29-22)30-31-26(19)17-7-18(23)21(33-36)9-20(17)28/h7-9,13-14,37H,10-12H2,1-6H3,(H,30,31)/t13-,14-/m0/s1. The van der Waals surface area contributed by atoms with Gasteiger partial charge in [0.2, 0.25) is 5.88 Å². The van der Waals surface area contributed by atoms with E-state index in [0.29, 0.717) is 24.0 Å². The zero-order chi connectivity index (χ0) is 26.9. The van der Waals surface area contributed by atoms with Crippen LogP contribution >= 0.6 is 11.6 Å². The zero-order valence-corrected chi connectivity index (χ0v) is 23.1. The number of H-pyrrole nitrogens is 1. The number of likely N-dealkylation sites (N-methyl/N-ethyl adjacent to an activating group) is 1. The summed E-state index contributed by atoms with van der Waals surface area (Å²) in [7, 11) is 3.95. The van der Waals surface area contributed by atoms with Gasteiger partial charge in [0.25, 0.3) is 0 Å². The summed E-state index contributed by atoms with van der Waals surface area (Å²) in [6, 6.07) is 5.80. The van der Waals surface area contributed by atoms with Gasteiger partial charge in [-0.15, -0.1) is 0 Å². The number of nitrogens with one attached hydrogen (secondary N) is 1. The van der Waals surface area contributed by atoms with Crippen molar-refractivity contribution in [3.8, 4) is 28.4 Å². The van der Waals surface area contributed by atoms with Gasteiger partial charge in [0.15, 0.2) is 0 Å². The van der Waals surface area contributed by atoms with E-state index >= 15 is 0 Å². The fourth-order valence-electron chi connectivity index (χ4n) is 5.52. The van der Waals surface area contributed by atoms with E-state index in [1.54, 1.807) is 4.68 Å². The quantitative estimate of drug-likeness (QED) is 0.345. The average Bonchev–Trinajstić information content (AvgIpc) is 3.51. The topological polar surface area (TPSA) is 110 Å². The predicted molar refractivity (Wildman–Crippen MR) is 148 cm³/mol. The fourth-order valence-corrected chi connectivity index (χ4v) is 5.76. The molecule has 1 aliphatic rings. The second-order valence-corrected chi connectivity index (χ2v) is 10.8. The van der Waals surface area contributed by atoms with Gasteiger partial charge >= 0.3 is 0 Å². The molecule has 0 unspecified atom stereocenters. The summed E-state index contributed by atoms with van der Waals surface area (Å²) < 4.78 is 10.2. The average molecular weight is 535 g/mol. The summed E-state index contributed by atoms with van der Waals surface area (Å²) in [5.41, 5.74) is 7.49. The van der Waals surface area contributed by atoms with Crippen LogP contribution in [0.5, 0.6) is 5.88 Å². The Morgan fingerprint density at radius 1 is 1.16 bits per heavy atom. The molecule has 5 aromatic rings. The first-order valence-electron chi connectivity index (χ1n) is 12.7. The molecule has 1 aliphatic heterocycles. The van der Waals surface area contributed by atoms with Crippen LogP contribution in [0.4, 0.5) is 0 Å². The van der Waals surface area contributed by atoms with Crippen molar-refractivity contribution in [3.05, 3.63) is 40.3 Å². The molecule has 0 fully saturated rings. The molecule has 6 rings (SSSR count). The van der Waals surface area contributed by atoms with Crippen LogP contribution in [0.15, 0.2) is 18.2 Å². The lowest BCUT2D eigenvalue weighted by molar-refractivity contribution is 0.145. The van der Waals surface area contributed by atoms with Gasteiger partial charge in [-0.1, -0.05) is 11.6 Å². The summed E-state index contributed by atoms with van der Waals surface area (Å²) in [4.78, 5) is 7.11. The molecule has 4 bridgehead atoms. The van der Waals surface area contributed by atoms with Crippen molar-refractivity contribution in [3.63, 3.8) is 0 Å². The highest BCUT2D eigenvalue weighted by molar-refractivity contribution is 6.34. The third-order valence-corrected chi connectivity index (χ3v) is 7.60. The van der Waals surface area contributed by atoms with Crippen molar-refractivity contribution in [2.24, 2.45) is 7.05 Å². The Bertz CT molecular complexity index is 1700. The van der Waals surface area contributed by atoms with E-state index in [2.05, 4.69) is 35.1 Å². The second-order valence-electron chi connectivity index (χ2n) is 10.4. The molecule has 2 atom stereocenters. The summed E-state index contributed by atoms with van der Waals surface area (Å²) in [6.45, 7) is 9.20. The largest absolute Gasteiger partial charge is 0.473 e. The van der Waals surface area contributed by atoms with Crippen LogP contribution in [0.1, 0.15) is 37.0 Å². The van der Waals surface area contributed by atoms with Gasteiger partial charge in [-0.2, -0.15) is 15.3 Å². The molecule has 4 aromatic heterocycles. The van der Waals surface area contributed by atoms with Crippen LogP contribution in [0.3, 0.4) is 0 Å². The van der Waals surface area contributed by atoms with Crippen molar-refractivity contribution >= 4 is 33.4 Å².